The van der Waals surface area contributed by atoms with E-state index in [2.05, 4.69) is 20.9 Å². The van der Waals surface area contributed by atoms with Crippen LogP contribution in [-0.2, 0) is 9.59 Å². The van der Waals surface area contributed by atoms with Crippen LogP contribution >= 0.6 is 20.6 Å². The molecule has 0 saturated heterocycles. The van der Waals surface area contributed by atoms with Crippen LogP contribution in [0.2, 0.25) is 0 Å². The molecule has 3 N–H and O–H groups in total. The third-order valence-corrected chi connectivity index (χ3v) is 5.12. The standard InChI is InChI=1S/C19H18FN4O3PS/c1-10(25)21-13-6-2-11(3-7-13)16(26)24-17-15(18(27)28)23-19(29-17)22-14-8-4-12(20)5-9-14/h2,4-6,8-9H,3,7,28H2,1H3,(H,21,25)(H,22,23)(H,24,26). The van der Waals surface area contributed by atoms with E-state index in [1.807, 2.05) is 9.24 Å². The monoisotopic (exact) mass is 432 g/mol. The SMILES string of the molecule is CC(=O)NC1=CC=C(C(=O)Nc2sc(Nc3ccc(F)cc3)nc2C(=O)P)CC1. The van der Waals surface area contributed by atoms with Gasteiger partial charge in [0.2, 0.25) is 5.91 Å². The van der Waals surface area contributed by atoms with Crippen LogP contribution in [0.3, 0.4) is 0 Å². The van der Waals surface area contributed by atoms with E-state index < -0.39 is 0 Å². The normalized spacial score (nSPS) is 13.2. The lowest BCUT2D eigenvalue weighted by Crippen LogP contribution is -2.22. The van der Waals surface area contributed by atoms with E-state index in [1.165, 1.54) is 19.1 Å². The highest BCUT2D eigenvalue weighted by molar-refractivity contribution is 7.41. The molecule has 1 aliphatic rings. The molecule has 1 atom stereocenters. The Morgan fingerprint density at radius 1 is 1.10 bits per heavy atom. The fourth-order valence-electron chi connectivity index (χ4n) is 2.62. The summed E-state index contributed by atoms with van der Waals surface area (Å²) in [5, 5.41) is 9.13. The zero-order chi connectivity index (χ0) is 21.0. The number of halogens is 1. The van der Waals surface area contributed by atoms with Crippen molar-refractivity contribution in [2.24, 2.45) is 0 Å². The largest absolute Gasteiger partial charge is 0.331 e. The fourth-order valence-corrected chi connectivity index (χ4v) is 3.82. The van der Waals surface area contributed by atoms with E-state index in [1.54, 1.807) is 24.3 Å². The summed E-state index contributed by atoms with van der Waals surface area (Å²) in [6.45, 7) is 1.43. The molecule has 1 aliphatic carbocycles. The number of hydrogen-bond donors (Lipinski definition) is 3. The average Bonchev–Trinajstić information content (AvgIpc) is 3.06. The first-order chi connectivity index (χ1) is 13.8. The van der Waals surface area contributed by atoms with Crippen LogP contribution in [0.1, 0.15) is 30.3 Å². The van der Waals surface area contributed by atoms with Gasteiger partial charge in [0.1, 0.15) is 16.5 Å². The van der Waals surface area contributed by atoms with Gasteiger partial charge in [-0.3, -0.25) is 14.4 Å². The van der Waals surface area contributed by atoms with Crippen LogP contribution in [0.5, 0.6) is 0 Å². The first-order valence-electron chi connectivity index (χ1n) is 8.63. The predicted molar refractivity (Wildman–Crippen MR) is 114 cm³/mol. The Morgan fingerprint density at radius 3 is 2.41 bits per heavy atom. The lowest BCUT2D eigenvalue weighted by Gasteiger charge is -2.14. The molecule has 0 fully saturated rings. The minimum absolute atomic E-state index is 0.115. The molecule has 3 rings (SSSR count). The van der Waals surface area contributed by atoms with Crippen molar-refractivity contribution in [3.63, 3.8) is 0 Å². The summed E-state index contributed by atoms with van der Waals surface area (Å²) in [7, 11) is 2.04. The van der Waals surface area contributed by atoms with Crippen LogP contribution in [-0.4, -0.2) is 22.3 Å². The second-order valence-electron chi connectivity index (χ2n) is 6.21. The number of thiazole rings is 1. The topological polar surface area (TPSA) is 100 Å². The molecule has 0 radical (unpaired) electrons. The van der Waals surface area contributed by atoms with Crippen LogP contribution in [0.25, 0.3) is 0 Å². The third-order valence-electron chi connectivity index (χ3n) is 3.96. The maximum absolute atomic E-state index is 13.0. The van der Waals surface area contributed by atoms with Crippen molar-refractivity contribution in [2.75, 3.05) is 10.6 Å². The Labute approximate surface area is 172 Å². The minimum Gasteiger partial charge on any atom is -0.331 e. The highest BCUT2D eigenvalue weighted by Gasteiger charge is 2.20. The van der Waals surface area contributed by atoms with Gasteiger partial charge >= 0.3 is 0 Å². The van der Waals surface area contributed by atoms with Crippen molar-refractivity contribution in [3.8, 4) is 0 Å². The molecule has 1 aromatic heterocycles. The van der Waals surface area contributed by atoms with Crippen LogP contribution < -0.4 is 16.0 Å². The quantitative estimate of drug-likeness (QED) is 0.604. The smallest absolute Gasteiger partial charge is 0.252 e. The van der Waals surface area contributed by atoms with Gasteiger partial charge in [0.05, 0.1) is 0 Å². The van der Waals surface area contributed by atoms with E-state index in [0.717, 1.165) is 17.0 Å². The van der Waals surface area contributed by atoms with Crippen molar-refractivity contribution >= 4 is 53.7 Å². The number of anilines is 3. The summed E-state index contributed by atoms with van der Waals surface area (Å²) >= 11 is 1.11. The van der Waals surface area contributed by atoms with Gasteiger partial charge in [0, 0.05) is 23.9 Å². The molecule has 1 heterocycles. The summed E-state index contributed by atoms with van der Waals surface area (Å²) in [6.07, 6.45) is 4.33. The lowest BCUT2D eigenvalue weighted by atomic mass is 10.0. The number of allylic oxidation sites excluding steroid dienone is 3. The number of benzene rings is 1. The van der Waals surface area contributed by atoms with Crippen molar-refractivity contribution in [3.05, 3.63) is 59.2 Å². The molecular formula is C19H18FN4O3PS. The van der Waals surface area contributed by atoms with Crippen LogP contribution in [0.4, 0.5) is 20.2 Å². The van der Waals surface area contributed by atoms with Gasteiger partial charge in [0.25, 0.3) is 5.91 Å². The van der Waals surface area contributed by atoms with E-state index in [4.69, 9.17) is 0 Å². The van der Waals surface area contributed by atoms with Crippen LogP contribution in [0.15, 0.2) is 47.7 Å². The van der Waals surface area contributed by atoms with Gasteiger partial charge in [-0.2, -0.15) is 0 Å². The Balaban J connectivity index is 1.75. The Kier molecular flexibility index (Phi) is 6.51. The average molecular weight is 432 g/mol. The highest BCUT2D eigenvalue weighted by Crippen LogP contribution is 2.32. The molecule has 0 spiro atoms. The number of aromatic nitrogens is 1. The fraction of sp³-hybridized carbons (Fsp3) is 0.158. The predicted octanol–water partition coefficient (Wildman–Crippen LogP) is 3.72. The zero-order valence-corrected chi connectivity index (χ0v) is 17.4. The van der Waals surface area contributed by atoms with Crippen molar-refractivity contribution in [2.45, 2.75) is 19.8 Å². The highest BCUT2D eigenvalue weighted by atomic mass is 32.1. The van der Waals surface area contributed by atoms with Gasteiger partial charge < -0.3 is 16.0 Å². The van der Waals surface area contributed by atoms with Gasteiger partial charge in [-0.25, -0.2) is 9.37 Å². The van der Waals surface area contributed by atoms with Crippen LogP contribution in [0, 0.1) is 5.82 Å². The molecule has 0 bridgehead atoms. The van der Waals surface area contributed by atoms with E-state index in [-0.39, 0.29) is 28.8 Å². The second-order valence-corrected chi connectivity index (χ2v) is 7.74. The number of rotatable bonds is 6. The Bertz CT molecular complexity index is 1030. The maximum atomic E-state index is 13.0. The summed E-state index contributed by atoms with van der Waals surface area (Å²) < 4.78 is 13.0. The summed E-state index contributed by atoms with van der Waals surface area (Å²) in [5.74, 6) is -0.862. The van der Waals surface area contributed by atoms with Crippen molar-refractivity contribution < 1.29 is 18.8 Å². The minimum atomic E-state index is -0.367. The number of nitrogens with one attached hydrogen (secondary N) is 3. The van der Waals surface area contributed by atoms with Crippen molar-refractivity contribution in [1.29, 1.82) is 0 Å². The van der Waals surface area contributed by atoms with E-state index in [9.17, 15) is 18.8 Å². The van der Waals surface area contributed by atoms with Gasteiger partial charge in [-0.1, -0.05) is 26.7 Å². The number of amides is 2. The molecule has 1 unspecified atom stereocenters. The molecule has 0 saturated carbocycles. The van der Waals surface area contributed by atoms with E-state index >= 15 is 0 Å². The Morgan fingerprint density at radius 2 is 1.83 bits per heavy atom. The maximum Gasteiger partial charge on any atom is 0.252 e. The number of carbonyl (C=O) groups is 3. The van der Waals surface area contributed by atoms with Gasteiger partial charge in [0.15, 0.2) is 10.7 Å². The number of carbonyl (C=O) groups excluding carboxylic acids is 3. The van der Waals surface area contributed by atoms with Crippen molar-refractivity contribution in [1.82, 2.24) is 10.3 Å². The molecule has 29 heavy (non-hydrogen) atoms. The molecular weight excluding hydrogens is 414 g/mol. The third kappa shape index (κ3) is 5.56. The first-order valence-corrected chi connectivity index (χ1v) is 10.0. The van der Waals surface area contributed by atoms with Gasteiger partial charge in [-0.05, 0) is 43.2 Å². The first kappa shape index (κ1) is 20.8. The summed E-state index contributed by atoms with van der Waals surface area (Å²) in [4.78, 5) is 39.8. The molecule has 2 aromatic rings. The molecule has 1 aromatic carbocycles. The molecule has 10 heteroatoms. The summed E-state index contributed by atoms with van der Waals surface area (Å²) in [6, 6.07) is 5.70. The second kappa shape index (κ2) is 9.07. The zero-order valence-electron chi connectivity index (χ0n) is 15.4. The molecule has 7 nitrogen and oxygen atoms in total. The molecule has 2 amide bonds. The lowest BCUT2D eigenvalue weighted by molar-refractivity contribution is -0.118. The molecule has 150 valence electrons. The van der Waals surface area contributed by atoms with E-state index in [0.29, 0.717) is 34.2 Å². The van der Waals surface area contributed by atoms with Gasteiger partial charge in [-0.15, -0.1) is 0 Å². The molecule has 0 aliphatic heterocycles. The Hall–Kier alpha value is -2.90. The number of hydrogen-bond acceptors (Lipinski definition) is 6. The summed E-state index contributed by atoms with van der Waals surface area (Å²) in [5.41, 5.74) is 1.63. The number of nitrogens with zero attached hydrogens (tertiary/aromatic N) is 1.